The molecule has 0 amide bonds. The van der Waals surface area contributed by atoms with E-state index in [0.717, 1.165) is 54.0 Å². The van der Waals surface area contributed by atoms with Gasteiger partial charge in [-0.15, -0.1) is 0 Å². The zero-order chi connectivity index (χ0) is 26.4. The van der Waals surface area contributed by atoms with E-state index < -0.39 is 0 Å². The Morgan fingerprint density at radius 2 is 1.68 bits per heavy atom. The Hall–Kier alpha value is -2.79. The van der Waals surface area contributed by atoms with E-state index in [1.807, 2.05) is 12.3 Å². The summed E-state index contributed by atoms with van der Waals surface area (Å²) >= 11 is 6.16. The van der Waals surface area contributed by atoms with Crippen LogP contribution in [0.4, 0.5) is 0 Å². The van der Waals surface area contributed by atoms with Gasteiger partial charge in [0.1, 0.15) is 17.6 Å². The number of benzene rings is 2. The van der Waals surface area contributed by atoms with Crippen molar-refractivity contribution in [2.75, 3.05) is 0 Å². The summed E-state index contributed by atoms with van der Waals surface area (Å²) in [5.41, 5.74) is 2.99. The molecule has 0 bridgehead atoms. The van der Waals surface area contributed by atoms with Gasteiger partial charge in [-0.25, -0.2) is 4.98 Å². The van der Waals surface area contributed by atoms with Crippen LogP contribution in [-0.2, 0) is 16.4 Å². The summed E-state index contributed by atoms with van der Waals surface area (Å²) in [4.78, 5) is 4.82. The molecular weight excluding hydrogens is 485 g/mol. The van der Waals surface area contributed by atoms with Crippen molar-refractivity contribution in [3.05, 3.63) is 65.1 Å². The molecule has 1 saturated heterocycles. The van der Waals surface area contributed by atoms with Crippen LogP contribution >= 0.6 is 11.6 Å². The molecular formula is C29H33BClN3O3. The highest BCUT2D eigenvalue weighted by Crippen LogP contribution is 2.38. The molecule has 2 aromatic carbocycles. The minimum Gasteiger partial charge on any atom is -0.490 e. The molecule has 2 fully saturated rings. The number of imidazole rings is 1. The lowest BCUT2D eigenvalue weighted by molar-refractivity contribution is 0.00578. The molecule has 0 N–H and O–H groups in total. The first-order valence-corrected chi connectivity index (χ1v) is 13.3. The third-order valence-corrected chi connectivity index (χ3v) is 8.47. The Labute approximate surface area is 224 Å². The van der Waals surface area contributed by atoms with E-state index in [9.17, 15) is 0 Å². The van der Waals surface area contributed by atoms with E-state index >= 15 is 0 Å². The van der Waals surface area contributed by atoms with E-state index in [2.05, 4.69) is 69.6 Å². The fourth-order valence-electron chi connectivity index (χ4n) is 5.15. The first kappa shape index (κ1) is 25.8. The van der Waals surface area contributed by atoms with E-state index in [1.54, 1.807) is 12.1 Å². The van der Waals surface area contributed by atoms with Crippen molar-refractivity contribution in [2.24, 2.45) is 7.05 Å². The Bertz CT molecular complexity index is 1310. The van der Waals surface area contributed by atoms with Gasteiger partial charge in [-0.3, -0.25) is 0 Å². The van der Waals surface area contributed by atoms with Crippen molar-refractivity contribution in [1.29, 1.82) is 5.26 Å². The summed E-state index contributed by atoms with van der Waals surface area (Å²) in [6, 6.07) is 15.8. The Kier molecular flexibility index (Phi) is 6.87. The molecule has 1 aliphatic heterocycles. The minimum atomic E-state index is -0.362. The van der Waals surface area contributed by atoms with E-state index in [1.165, 1.54) is 0 Å². The molecule has 8 heteroatoms. The van der Waals surface area contributed by atoms with Gasteiger partial charge in [0, 0.05) is 19.0 Å². The molecule has 0 unspecified atom stereocenters. The molecule has 0 spiro atoms. The standard InChI is InChI=1S/C29H33BClN3O3/c1-28(2)29(3,4)37-30(36-28)22-11-6-19(7-12-22)26-18-33-27(34(26)5)20-8-13-23(14-9-20)35-24-15-10-21(17-32)25(31)16-24/h6-7,10-12,15-16,18,20,23H,8-9,13-14H2,1-5H3. The maximum Gasteiger partial charge on any atom is 0.494 e. The van der Waals surface area contributed by atoms with Gasteiger partial charge in [0.05, 0.1) is 39.8 Å². The maximum atomic E-state index is 9.06. The van der Waals surface area contributed by atoms with Gasteiger partial charge in [0.15, 0.2) is 0 Å². The summed E-state index contributed by atoms with van der Waals surface area (Å²) in [5, 5.41) is 9.49. The van der Waals surface area contributed by atoms with E-state index in [0.29, 0.717) is 16.5 Å². The van der Waals surface area contributed by atoms with Crippen LogP contribution in [0.3, 0.4) is 0 Å². The molecule has 2 aliphatic rings. The van der Waals surface area contributed by atoms with Crippen molar-refractivity contribution >= 4 is 24.2 Å². The number of nitriles is 1. The van der Waals surface area contributed by atoms with Crippen LogP contribution in [0.5, 0.6) is 5.75 Å². The number of nitrogens with zero attached hydrogens (tertiary/aromatic N) is 3. The summed E-state index contributed by atoms with van der Waals surface area (Å²) in [7, 11) is 1.74. The van der Waals surface area contributed by atoms with Crippen molar-refractivity contribution in [2.45, 2.75) is 76.6 Å². The highest BCUT2D eigenvalue weighted by atomic mass is 35.5. The van der Waals surface area contributed by atoms with Crippen molar-refractivity contribution in [3.8, 4) is 23.1 Å². The monoisotopic (exact) mass is 517 g/mol. The van der Waals surface area contributed by atoms with Crippen LogP contribution in [0, 0.1) is 11.3 Å². The molecule has 37 heavy (non-hydrogen) atoms. The first-order valence-electron chi connectivity index (χ1n) is 12.9. The highest BCUT2D eigenvalue weighted by Gasteiger charge is 2.51. The second-order valence-corrected chi connectivity index (χ2v) is 11.5. The smallest absolute Gasteiger partial charge is 0.490 e. The van der Waals surface area contributed by atoms with Gasteiger partial charge in [0.2, 0.25) is 0 Å². The molecule has 1 aliphatic carbocycles. The highest BCUT2D eigenvalue weighted by molar-refractivity contribution is 6.62. The van der Waals surface area contributed by atoms with Crippen LogP contribution < -0.4 is 10.2 Å². The lowest BCUT2D eigenvalue weighted by atomic mass is 9.79. The molecule has 3 aromatic rings. The summed E-state index contributed by atoms with van der Waals surface area (Å²) in [6.07, 6.45) is 6.04. The van der Waals surface area contributed by atoms with Crippen molar-refractivity contribution < 1.29 is 14.0 Å². The van der Waals surface area contributed by atoms with Gasteiger partial charge in [0.25, 0.3) is 0 Å². The van der Waals surface area contributed by atoms with Gasteiger partial charge < -0.3 is 18.6 Å². The maximum absolute atomic E-state index is 9.06. The SMILES string of the molecule is Cn1c(-c2ccc(B3OC(C)(C)C(C)(C)O3)cc2)cnc1C1CCC(Oc2ccc(C#N)c(Cl)c2)CC1. The first-order chi connectivity index (χ1) is 17.6. The molecule has 192 valence electrons. The topological polar surface area (TPSA) is 69.3 Å². The average Bonchev–Trinajstić information content (AvgIpc) is 3.35. The molecule has 6 nitrogen and oxygen atoms in total. The summed E-state index contributed by atoms with van der Waals surface area (Å²) in [6.45, 7) is 8.28. The number of rotatable bonds is 5. The van der Waals surface area contributed by atoms with Crippen LogP contribution in [0.25, 0.3) is 11.3 Å². The summed E-state index contributed by atoms with van der Waals surface area (Å²) in [5.74, 6) is 2.23. The van der Waals surface area contributed by atoms with Crippen LogP contribution in [-0.4, -0.2) is 34.0 Å². The third-order valence-electron chi connectivity index (χ3n) is 8.16. The Morgan fingerprint density at radius 1 is 1.03 bits per heavy atom. The lowest BCUT2D eigenvalue weighted by Gasteiger charge is -2.32. The van der Waals surface area contributed by atoms with Gasteiger partial charge >= 0.3 is 7.12 Å². The quantitative estimate of drug-likeness (QED) is 0.387. The number of hydrogen-bond acceptors (Lipinski definition) is 5. The predicted molar refractivity (Wildman–Crippen MR) is 146 cm³/mol. The lowest BCUT2D eigenvalue weighted by Crippen LogP contribution is -2.41. The van der Waals surface area contributed by atoms with E-state index in [4.69, 9.17) is 35.9 Å². The fourth-order valence-corrected chi connectivity index (χ4v) is 5.37. The van der Waals surface area contributed by atoms with Gasteiger partial charge in [-0.05, 0) is 76.5 Å². The Morgan fingerprint density at radius 3 is 2.27 bits per heavy atom. The second kappa shape index (κ2) is 9.83. The summed E-state index contributed by atoms with van der Waals surface area (Å²) < 4.78 is 20.8. The zero-order valence-electron chi connectivity index (χ0n) is 22.1. The van der Waals surface area contributed by atoms with Crippen LogP contribution in [0.2, 0.25) is 5.02 Å². The minimum absolute atomic E-state index is 0.141. The molecule has 1 saturated carbocycles. The van der Waals surface area contributed by atoms with Crippen molar-refractivity contribution in [3.63, 3.8) is 0 Å². The molecule has 5 rings (SSSR count). The van der Waals surface area contributed by atoms with Gasteiger partial charge in [-0.2, -0.15) is 5.26 Å². The fraction of sp³-hybridized carbons (Fsp3) is 0.448. The predicted octanol–water partition coefficient (Wildman–Crippen LogP) is 6.02. The van der Waals surface area contributed by atoms with Crippen molar-refractivity contribution in [1.82, 2.24) is 9.55 Å². The zero-order valence-corrected chi connectivity index (χ0v) is 22.9. The van der Waals surface area contributed by atoms with E-state index in [-0.39, 0.29) is 24.4 Å². The number of aromatic nitrogens is 2. The van der Waals surface area contributed by atoms with Gasteiger partial charge in [-0.1, -0.05) is 35.9 Å². The Balaban J connectivity index is 1.22. The van der Waals surface area contributed by atoms with Crippen LogP contribution in [0.1, 0.15) is 70.7 Å². The molecule has 2 heterocycles. The third kappa shape index (κ3) is 5.03. The number of ether oxygens (including phenoxy) is 1. The molecule has 0 radical (unpaired) electrons. The molecule has 0 atom stereocenters. The molecule has 1 aromatic heterocycles. The van der Waals surface area contributed by atoms with Crippen LogP contribution in [0.15, 0.2) is 48.7 Å². The number of halogens is 1. The number of hydrogen-bond donors (Lipinski definition) is 0. The largest absolute Gasteiger partial charge is 0.494 e. The average molecular weight is 518 g/mol. The second-order valence-electron chi connectivity index (χ2n) is 11.1. The normalized spacial score (nSPS) is 22.6.